The average Bonchev–Trinajstić information content (AvgIpc) is 1.39. The van der Waals surface area contributed by atoms with Gasteiger partial charge in [0.15, 0.2) is 0 Å². The zero-order valence-electron chi connectivity index (χ0n) is 4.09. The second-order valence-corrected chi connectivity index (χ2v) is 0.329. The minimum atomic E-state index is -0.250. The van der Waals surface area contributed by atoms with Crippen LogP contribution in [-0.2, 0) is 4.79 Å². The van der Waals surface area contributed by atoms with Crippen LogP contribution in [0.5, 0.6) is 0 Å². The molecule has 0 fully saturated rings. The Kier molecular flexibility index (Phi) is 214. The summed E-state index contributed by atoms with van der Waals surface area (Å²) in [6.45, 7) is 1.18. The lowest BCUT2D eigenvalue weighted by Gasteiger charge is -1.34. The molecule has 0 aliphatic rings. The Hall–Kier alpha value is -1.08. The van der Waals surface area contributed by atoms with Crippen molar-refractivity contribution < 1.29 is 9.90 Å². The molecule has 0 heterocycles. The Morgan fingerprint density at radius 3 is 1.86 bits per heavy atom. The van der Waals surface area contributed by atoms with Crippen molar-refractivity contribution in [2.24, 2.45) is 0 Å². The average molecular weight is 104 g/mol. The Balaban J connectivity index is -0.0000000400. The summed E-state index contributed by atoms with van der Waals surface area (Å²) in [4.78, 5) is 8.36. The van der Waals surface area contributed by atoms with Crippen LogP contribution < -0.4 is 6.15 Å². The lowest BCUT2D eigenvalue weighted by atomic mass is 11.0. The fraction of sp³-hybridized carbons (Fsp3) is 0.333. The molecule has 0 saturated heterocycles. The third kappa shape index (κ3) is 36.0. The number of carboxylic acid groups (broad SMARTS) is 1. The minimum absolute atomic E-state index is 0. The van der Waals surface area contributed by atoms with E-state index in [-0.39, 0.29) is 12.6 Å². The second kappa shape index (κ2) is 89.3. The van der Waals surface area contributed by atoms with Gasteiger partial charge in [0, 0.05) is 6.92 Å². The Labute approximate surface area is 42.0 Å². The van der Waals surface area contributed by atoms with Gasteiger partial charge in [-0.25, -0.2) is 0 Å². The van der Waals surface area contributed by atoms with E-state index >= 15 is 0 Å². The van der Waals surface area contributed by atoms with Gasteiger partial charge in [-0.15, -0.1) is 0 Å². The molecule has 0 aromatic rings. The summed E-state index contributed by atoms with van der Waals surface area (Å²) in [5.74, 6) is 0. The monoisotopic (exact) mass is 104 g/mol. The summed E-state index contributed by atoms with van der Waals surface area (Å²) in [5.41, 5.74) is 0. The summed E-state index contributed by atoms with van der Waals surface area (Å²) in [7, 11) is 0. The van der Waals surface area contributed by atoms with Crippen LogP contribution in [0.4, 0.5) is 0 Å². The van der Waals surface area contributed by atoms with Crippen molar-refractivity contribution in [3.05, 3.63) is 0 Å². The first-order valence-electron chi connectivity index (χ1n) is 1.22. The molecule has 4 nitrogen and oxygen atoms in total. The second-order valence-electron chi connectivity index (χ2n) is 0.329. The fourth-order valence-corrected chi connectivity index (χ4v) is 0. The molecular formula is C3H8N2O2. The van der Waals surface area contributed by atoms with E-state index in [4.69, 9.17) is 15.2 Å². The first kappa shape index (κ1) is 16.8. The number of nitrogens with zero attached hydrogens (tertiary/aromatic N) is 1. The first-order valence-corrected chi connectivity index (χ1v) is 1.22. The predicted molar refractivity (Wildman–Crippen MR) is 25.0 cm³/mol. The van der Waals surface area contributed by atoms with Crippen LogP contribution in [0.25, 0.3) is 0 Å². The van der Waals surface area contributed by atoms with Crippen LogP contribution in [0.15, 0.2) is 0 Å². The van der Waals surface area contributed by atoms with Gasteiger partial charge in [0.25, 0.3) is 6.47 Å². The maximum atomic E-state index is 8.36. The molecule has 0 aliphatic carbocycles. The number of hydrogen-bond acceptors (Lipinski definition) is 3. The predicted octanol–water partition coefficient (Wildman–Crippen LogP) is 0.393. The fourth-order valence-electron chi connectivity index (χ4n) is 0. The van der Waals surface area contributed by atoms with Gasteiger partial charge in [0.05, 0.1) is 6.07 Å². The third-order valence-electron chi connectivity index (χ3n) is 0. The molecule has 0 spiro atoms. The molecule has 4 heteroatoms. The smallest absolute Gasteiger partial charge is 0.290 e. The van der Waals surface area contributed by atoms with E-state index in [1.807, 2.05) is 0 Å². The summed E-state index contributed by atoms with van der Waals surface area (Å²) < 4.78 is 0. The Morgan fingerprint density at radius 1 is 1.86 bits per heavy atom. The van der Waals surface area contributed by atoms with E-state index in [0.717, 1.165) is 0 Å². The van der Waals surface area contributed by atoms with E-state index in [2.05, 4.69) is 0 Å². The van der Waals surface area contributed by atoms with Crippen molar-refractivity contribution in [1.29, 1.82) is 5.26 Å². The third-order valence-corrected chi connectivity index (χ3v) is 0. The SMILES string of the molecule is CC#N.N.O=CO. The van der Waals surface area contributed by atoms with Gasteiger partial charge < -0.3 is 11.3 Å². The summed E-state index contributed by atoms with van der Waals surface area (Å²) in [6, 6.07) is 1.75. The Bertz CT molecular complexity index is 56.4. The van der Waals surface area contributed by atoms with Gasteiger partial charge in [0.1, 0.15) is 0 Å². The van der Waals surface area contributed by atoms with E-state index in [1.54, 1.807) is 6.07 Å². The molecular weight excluding hydrogens is 96.0 g/mol. The molecule has 42 valence electrons. The largest absolute Gasteiger partial charge is 0.483 e. The highest BCUT2D eigenvalue weighted by Crippen LogP contribution is 1.21. The van der Waals surface area contributed by atoms with Gasteiger partial charge in [-0.1, -0.05) is 0 Å². The lowest BCUT2D eigenvalue weighted by Crippen LogP contribution is -1.49. The first-order chi connectivity index (χ1) is 2.83. The zero-order valence-corrected chi connectivity index (χ0v) is 4.09. The molecule has 4 N–H and O–H groups in total. The molecule has 0 atom stereocenters. The maximum absolute atomic E-state index is 8.36. The van der Waals surface area contributed by atoms with Crippen LogP contribution in [0.3, 0.4) is 0 Å². The molecule has 0 bridgehead atoms. The van der Waals surface area contributed by atoms with Crippen molar-refractivity contribution in [1.82, 2.24) is 6.15 Å². The number of carbonyl (C=O) groups is 1. The van der Waals surface area contributed by atoms with E-state index in [1.165, 1.54) is 6.92 Å². The highest BCUT2D eigenvalue weighted by atomic mass is 16.3. The van der Waals surface area contributed by atoms with Crippen molar-refractivity contribution in [3.8, 4) is 6.07 Å². The maximum Gasteiger partial charge on any atom is 0.290 e. The molecule has 0 aliphatic heterocycles. The van der Waals surface area contributed by atoms with Crippen molar-refractivity contribution >= 4 is 6.47 Å². The summed E-state index contributed by atoms with van der Waals surface area (Å²) in [5, 5.41) is 14.2. The van der Waals surface area contributed by atoms with Gasteiger partial charge in [-0.2, -0.15) is 5.26 Å². The molecule has 0 rings (SSSR count). The standard InChI is InChI=1S/C2H3N.CH2O2.H3N/c1-2-3;2-1-3;/h1H3;1H,(H,2,3);1H3. The van der Waals surface area contributed by atoms with Crippen molar-refractivity contribution in [2.75, 3.05) is 0 Å². The lowest BCUT2D eigenvalue weighted by molar-refractivity contribution is -0.122. The van der Waals surface area contributed by atoms with Crippen LogP contribution >= 0.6 is 0 Å². The topological polar surface area (TPSA) is 96.1 Å². The molecule has 7 heavy (non-hydrogen) atoms. The summed E-state index contributed by atoms with van der Waals surface area (Å²) in [6.07, 6.45) is 0. The van der Waals surface area contributed by atoms with Crippen LogP contribution in [-0.4, -0.2) is 11.6 Å². The van der Waals surface area contributed by atoms with Crippen LogP contribution in [0, 0.1) is 11.3 Å². The highest BCUT2D eigenvalue weighted by molar-refractivity contribution is 5.32. The molecule has 0 aromatic heterocycles. The number of hydrogen-bond donors (Lipinski definition) is 2. The van der Waals surface area contributed by atoms with E-state index in [9.17, 15) is 0 Å². The van der Waals surface area contributed by atoms with Gasteiger partial charge in [0.2, 0.25) is 0 Å². The van der Waals surface area contributed by atoms with Gasteiger partial charge in [-0.3, -0.25) is 4.79 Å². The number of nitriles is 1. The molecule has 0 aromatic carbocycles. The van der Waals surface area contributed by atoms with E-state index in [0.29, 0.717) is 0 Å². The highest BCUT2D eigenvalue weighted by Gasteiger charge is 1.22. The van der Waals surface area contributed by atoms with E-state index < -0.39 is 0 Å². The minimum Gasteiger partial charge on any atom is -0.483 e. The normalized spacial score (nSPS) is 2.86. The van der Waals surface area contributed by atoms with Crippen molar-refractivity contribution in [3.63, 3.8) is 0 Å². The molecule has 0 unspecified atom stereocenters. The summed E-state index contributed by atoms with van der Waals surface area (Å²) >= 11 is 0. The number of rotatable bonds is 0. The van der Waals surface area contributed by atoms with Crippen LogP contribution in [0.2, 0.25) is 0 Å². The molecule has 0 radical (unpaired) electrons. The van der Waals surface area contributed by atoms with Crippen LogP contribution in [0.1, 0.15) is 6.92 Å². The van der Waals surface area contributed by atoms with Gasteiger partial charge >= 0.3 is 0 Å². The molecule has 0 amide bonds. The Morgan fingerprint density at radius 2 is 1.86 bits per heavy atom. The molecule has 0 saturated carbocycles. The van der Waals surface area contributed by atoms with Gasteiger partial charge in [-0.05, 0) is 0 Å². The van der Waals surface area contributed by atoms with Crippen molar-refractivity contribution in [2.45, 2.75) is 6.92 Å². The quantitative estimate of drug-likeness (QED) is 0.434. The zero-order chi connectivity index (χ0) is 5.41.